The lowest BCUT2D eigenvalue weighted by Crippen LogP contribution is -2.25. The number of carbonyl (C=O) groups is 1. The summed E-state index contributed by atoms with van der Waals surface area (Å²) >= 11 is 1.57. The van der Waals surface area contributed by atoms with E-state index in [1.807, 2.05) is 55.7 Å². The Hall–Kier alpha value is -2.60. The molecule has 24 heavy (non-hydrogen) atoms. The van der Waals surface area contributed by atoms with Gasteiger partial charge in [-0.05, 0) is 36.4 Å². The summed E-state index contributed by atoms with van der Waals surface area (Å²) in [4.78, 5) is 19.5. The zero-order chi connectivity index (χ0) is 16.9. The number of hydrogen-bond acceptors (Lipinski definition) is 4. The molecule has 2 heterocycles. The highest BCUT2D eigenvalue weighted by atomic mass is 32.2. The van der Waals surface area contributed by atoms with Crippen LogP contribution in [0.5, 0.6) is 0 Å². The van der Waals surface area contributed by atoms with Crippen LogP contribution in [0.3, 0.4) is 0 Å². The van der Waals surface area contributed by atoms with E-state index in [2.05, 4.69) is 10.1 Å². The highest BCUT2D eigenvalue weighted by Crippen LogP contribution is 2.25. The maximum atomic E-state index is 12.5. The second-order valence-electron chi connectivity index (χ2n) is 5.48. The molecule has 0 bridgehead atoms. The van der Waals surface area contributed by atoms with Gasteiger partial charge in [0.15, 0.2) is 0 Å². The Labute approximate surface area is 145 Å². The fourth-order valence-electron chi connectivity index (χ4n) is 2.31. The summed E-state index contributed by atoms with van der Waals surface area (Å²) in [6.07, 6.45) is 5.46. The molecule has 0 aliphatic carbocycles. The number of pyridine rings is 1. The van der Waals surface area contributed by atoms with Gasteiger partial charge in [0, 0.05) is 49.1 Å². The molecule has 6 heteroatoms. The van der Waals surface area contributed by atoms with Gasteiger partial charge in [-0.3, -0.25) is 9.48 Å². The van der Waals surface area contributed by atoms with Crippen molar-refractivity contribution >= 4 is 17.7 Å². The summed E-state index contributed by atoms with van der Waals surface area (Å²) in [5.74, 6) is -0.00626. The molecule has 0 saturated carbocycles. The lowest BCUT2D eigenvalue weighted by atomic mass is 10.2. The molecule has 0 unspecified atom stereocenters. The Morgan fingerprint density at radius 1 is 1.21 bits per heavy atom. The Balaban J connectivity index is 1.65. The van der Waals surface area contributed by atoms with Gasteiger partial charge in [-0.1, -0.05) is 17.8 Å². The van der Waals surface area contributed by atoms with Crippen molar-refractivity contribution < 1.29 is 4.79 Å². The van der Waals surface area contributed by atoms with Crippen molar-refractivity contribution in [1.29, 1.82) is 0 Å². The predicted molar refractivity (Wildman–Crippen MR) is 93.8 cm³/mol. The van der Waals surface area contributed by atoms with Gasteiger partial charge in [-0.25, -0.2) is 4.98 Å². The smallest absolute Gasteiger partial charge is 0.253 e. The van der Waals surface area contributed by atoms with E-state index in [4.69, 9.17) is 0 Å². The summed E-state index contributed by atoms with van der Waals surface area (Å²) in [5, 5.41) is 5.06. The highest BCUT2D eigenvalue weighted by Gasteiger charge is 2.13. The number of amides is 1. The van der Waals surface area contributed by atoms with Crippen molar-refractivity contribution in [2.24, 2.45) is 7.05 Å². The molecule has 0 aliphatic rings. The molecule has 0 aliphatic heterocycles. The molecular formula is C18H18N4OS. The topological polar surface area (TPSA) is 51.0 Å². The van der Waals surface area contributed by atoms with Crippen molar-refractivity contribution in [3.05, 3.63) is 72.2 Å². The fraction of sp³-hybridized carbons (Fsp3) is 0.167. The molecule has 1 aromatic carbocycles. The molecule has 2 aromatic heterocycles. The Bertz CT molecular complexity index is 815. The summed E-state index contributed by atoms with van der Waals surface area (Å²) < 4.78 is 1.73. The van der Waals surface area contributed by atoms with Crippen LogP contribution < -0.4 is 0 Å². The average molecular weight is 338 g/mol. The van der Waals surface area contributed by atoms with E-state index in [1.54, 1.807) is 40.8 Å². The number of rotatable bonds is 5. The van der Waals surface area contributed by atoms with E-state index >= 15 is 0 Å². The SMILES string of the molecule is CN(Cc1cnn(C)c1)C(=O)c1ccc(Sc2ccccn2)cc1. The van der Waals surface area contributed by atoms with Crippen LogP contribution in [0.15, 0.2) is 71.0 Å². The van der Waals surface area contributed by atoms with Crippen LogP contribution in [0.2, 0.25) is 0 Å². The molecule has 0 N–H and O–H groups in total. The molecule has 3 rings (SSSR count). The van der Waals surface area contributed by atoms with Crippen LogP contribution in [0.1, 0.15) is 15.9 Å². The molecule has 5 nitrogen and oxygen atoms in total. The van der Waals surface area contributed by atoms with Crippen LogP contribution in [-0.4, -0.2) is 32.6 Å². The lowest BCUT2D eigenvalue weighted by molar-refractivity contribution is 0.0785. The second-order valence-corrected chi connectivity index (χ2v) is 6.57. The first-order valence-corrected chi connectivity index (χ1v) is 8.35. The average Bonchev–Trinajstić information content (AvgIpc) is 3.00. The molecule has 0 spiro atoms. The molecule has 122 valence electrons. The maximum absolute atomic E-state index is 12.5. The number of aromatic nitrogens is 3. The fourth-order valence-corrected chi connectivity index (χ4v) is 3.09. The number of benzene rings is 1. The standard InChI is InChI=1S/C18H18N4OS/c1-21(12-14-11-20-22(2)13-14)18(23)15-6-8-16(9-7-15)24-17-5-3-4-10-19-17/h3-11,13H,12H2,1-2H3. The second kappa shape index (κ2) is 7.31. The largest absolute Gasteiger partial charge is 0.337 e. The summed E-state index contributed by atoms with van der Waals surface area (Å²) in [7, 11) is 3.66. The Morgan fingerprint density at radius 3 is 2.62 bits per heavy atom. The van der Waals surface area contributed by atoms with Crippen LogP contribution in [-0.2, 0) is 13.6 Å². The first kappa shape index (κ1) is 16.3. The molecular weight excluding hydrogens is 320 g/mol. The van der Waals surface area contributed by atoms with Gasteiger partial charge >= 0.3 is 0 Å². The highest BCUT2D eigenvalue weighted by molar-refractivity contribution is 7.99. The van der Waals surface area contributed by atoms with E-state index in [0.717, 1.165) is 15.5 Å². The van der Waals surface area contributed by atoms with Crippen molar-refractivity contribution in [1.82, 2.24) is 19.7 Å². The van der Waals surface area contributed by atoms with E-state index < -0.39 is 0 Å². The minimum absolute atomic E-state index is 0.00626. The molecule has 3 aromatic rings. The van der Waals surface area contributed by atoms with Crippen molar-refractivity contribution in [3.63, 3.8) is 0 Å². The van der Waals surface area contributed by atoms with Gasteiger partial charge in [-0.2, -0.15) is 5.10 Å². The summed E-state index contributed by atoms with van der Waals surface area (Å²) in [6, 6.07) is 13.4. The van der Waals surface area contributed by atoms with Gasteiger partial charge in [0.25, 0.3) is 5.91 Å². The summed E-state index contributed by atoms with van der Waals surface area (Å²) in [5.41, 5.74) is 1.68. The number of nitrogens with zero attached hydrogens (tertiary/aromatic N) is 4. The van der Waals surface area contributed by atoms with Crippen LogP contribution in [0.25, 0.3) is 0 Å². The molecule has 0 saturated heterocycles. The zero-order valence-electron chi connectivity index (χ0n) is 13.6. The molecule has 0 atom stereocenters. The summed E-state index contributed by atoms with van der Waals surface area (Å²) in [6.45, 7) is 0.539. The number of carbonyl (C=O) groups excluding carboxylic acids is 1. The third kappa shape index (κ3) is 4.02. The van der Waals surface area contributed by atoms with Gasteiger partial charge in [0.2, 0.25) is 0 Å². The third-order valence-electron chi connectivity index (χ3n) is 3.49. The minimum Gasteiger partial charge on any atom is -0.337 e. The first-order chi connectivity index (χ1) is 11.6. The number of aryl methyl sites for hydroxylation is 1. The molecule has 0 fully saturated rings. The minimum atomic E-state index is -0.00626. The predicted octanol–water partition coefficient (Wildman–Crippen LogP) is 3.24. The van der Waals surface area contributed by atoms with Crippen LogP contribution in [0.4, 0.5) is 0 Å². The Kier molecular flexibility index (Phi) is 4.96. The van der Waals surface area contributed by atoms with Gasteiger partial charge in [0.05, 0.1) is 6.20 Å². The van der Waals surface area contributed by atoms with Gasteiger partial charge < -0.3 is 4.90 Å². The number of hydrogen-bond donors (Lipinski definition) is 0. The first-order valence-electron chi connectivity index (χ1n) is 7.54. The molecule has 0 radical (unpaired) electrons. The zero-order valence-corrected chi connectivity index (χ0v) is 14.4. The van der Waals surface area contributed by atoms with Gasteiger partial charge in [-0.15, -0.1) is 0 Å². The van der Waals surface area contributed by atoms with E-state index in [-0.39, 0.29) is 5.91 Å². The van der Waals surface area contributed by atoms with Crippen molar-refractivity contribution in [3.8, 4) is 0 Å². The van der Waals surface area contributed by atoms with Crippen LogP contribution in [0, 0.1) is 0 Å². The third-order valence-corrected chi connectivity index (χ3v) is 4.44. The van der Waals surface area contributed by atoms with E-state index in [1.165, 1.54) is 0 Å². The Morgan fingerprint density at radius 2 is 2.00 bits per heavy atom. The van der Waals surface area contributed by atoms with Gasteiger partial charge in [0.1, 0.15) is 5.03 Å². The normalized spacial score (nSPS) is 10.6. The maximum Gasteiger partial charge on any atom is 0.253 e. The van der Waals surface area contributed by atoms with Crippen molar-refractivity contribution in [2.45, 2.75) is 16.5 Å². The van der Waals surface area contributed by atoms with E-state index in [9.17, 15) is 4.79 Å². The quantitative estimate of drug-likeness (QED) is 0.717. The monoisotopic (exact) mass is 338 g/mol. The van der Waals surface area contributed by atoms with Crippen LogP contribution >= 0.6 is 11.8 Å². The lowest BCUT2D eigenvalue weighted by Gasteiger charge is -2.16. The molecule has 1 amide bonds. The van der Waals surface area contributed by atoms with Crippen molar-refractivity contribution in [2.75, 3.05) is 7.05 Å². The van der Waals surface area contributed by atoms with E-state index in [0.29, 0.717) is 12.1 Å².